The van der Waals surface area contributed by atoms with Crippen molar-refractivity contribution in [2.75, 3.05) is 7.11 Å². The van der Waals surface area contributed by atoms with Gasteiger partial charge in [0.2, 0.25) is 0 Å². The van der Waals surface area contributed by atoms with Crippen LogP contribution in [0.2, 0.25) is 5.02 Å². The summed E-state index contributed by atoms with van der Waals surface area (Å²) in [4.78, 5) is 0. The van der Waals surface area contributed by atoms with E-state index in [4.69, 9.17) is 16.3 Å². The molecule has 0 heterocycles. The van der Waals surface area contributed by atoms with Crippen LogP contribution in [0.25, 0.3) is 0 Å². The van der Waals surface area contributed by atoms with Gasteiger partial charge in [-0.25, -0.2) is 0 Å². The molecule has 1 fully saturated rings. The van der Waals surface area contributed by atoms with Crippen molar-refractivity contribution in [3.8, 4) is 5.75 Å². The molecular formula is C15H21ClO2. The second kappa shape index (κ2) is 4.75. The number of methoxy groups -OCH3 is 1. The van der Waals surface area contributed by atoms with Crippen LogP contribution in [0.15, 0.2) is 18.2 Å². The highest BCUT2D eigenvalue weighted by Crippen LogP contribution is 2.52. The molecule has 0 aromatic heterocycles. The molecule has 0 aliphatic heterocycles. The number of rotatable bonds is 2. The van der Waals surface area contributed by atoms with Crippen molar-refractivity contribution in [1.29, 1.82) is 0 Å². The lowest BCUT2D eigenvalue weighted by Gasteiger charge is -2.47. The Bertz CT molecular complexity index is 442. The van der Waals surface area contributed by atoms with Gasteiger partial charge in [-0.3, -0.25) is 0 Å². The minimum Gasteiger partial charge on any atom is -0.496 e. The quantitative estimate of drug-likeness (QED) is 0.874. The maximum absolute atomic E-state index is 11.2. The van der Waals surface area contributed by atoms with Gasteiger partial charge in [-0.1, -0.05) is 38.3 Å². The summed E-state index contributed by atoms with van der Waals surface area (Å²) in [5, 5.41) is 11.8. The number of hydrogen-bond donors (Lipinski definition) is 1. The molecule has 1 saturated carbocycles. The van der Waals surface area contributed by atoms with Gasteiger partial charge in [0.05, 0.1) is 12.7 Å². The maximum atomic E-state index is 11.2. The van der Waals surface area contributed by atoms with Gasteiger partial charge in [0.15, 0.2) is 0 Å². The van der Waals surface area contributed by atoms with Crippen molar-refractivity contribution in [2.24, 2.45) is 5.41 Å². The van der Waals surface area contributed by atoms with E-state index in [0.29, 0.717) is 5.02 Å². The molecule has 1 N–H and O–H groups in total. The molecule has 0 saturated heterocycles. The predicted octanol–water partition coefficient (Wildman–Crippen LogP) is 4.14. The molecule has 1 atom stereocenters. The first-order valence-corrected chi connectivity index (χ1v) is 6.85. The van der Waals surface area contributed by atoms with Crippen LogP contribution < -0.4 is 4.74 Å². The summed E-state index contributed by atoms with van der Waals surface area (Å²) in [6.45, 7) is 4.24. The Morgan fingerprint density at radius 1 is 1.22 bits per heavy atom. The van der Waals surface area contributed by atoms with Gasteiger partial charge in [0.1, 0.15) is 5.75 Å². The van der Waals surface area contributed by atoms with Crippen molar-refractivity contribution < 1.29 is 9.84 Å². The zero-order valence-corrected chi connectivity index (χ0v) is 12.0. The minimum absolute atomic E-state index is 0.163. The van der Waals surface area contributed by atoms with Crippen LogP contribution in [0, 0.1) is 5.41 Å². The Balaban J connectivity index is 2.54. The minimum atomic E-state index is -0.860. The Labute approximate surface area is 114 Å². The van der Waals surface area contributed by atoms with Gasteiger partial charge >= 0.3 is 0 Å². The lowest BCUT2D eigenvalue weighted by atomic mass is 9.62. The van der Waals surface area contributed by atoms with E-state index in [1.165, 1.54) is 0 Å². The first-order valence-electron chi connectivity index (χ1n) is 6.47. The highest BCUT2D eigenvalue weighted by atomic mass is 35.5. The molecule has 2 rings (SSSR count). The second-order valence-electron chi connectivity index (χ2n) is 5.80. The van der Waals surface area contributed by atoms with E-state index < -0.39 is 5.60 Å². The van der Waals surface area contributed by atoms with E-state index >= 15 is 0 Å². The fourth-order valence-corrected chi connectivity index (χ4v) is 3.17. The Kier molecular flexibility index (Phi) is 3.61. The van der Waals surface area contributed by atoms with Crippen LogP contribution in [0.3, 0.4) is 0 Å². The molecule has 18 heavy (non-hydrogen) atoms. The van der Waals surface area contributed by atoms with Gasteiger partial charge in [0, 0.05) is 10.6 Å². The Hall–Kier alpha value is -0.730. The molecular weight excluding hydrogens is 248 g/mol. The fourth-order valence-electron chi connectivity index (χ4n) is 3.00. The summed E-state index contributed by atoms with van der Waals surface area (Å²) in [6, 6.07) is 5.47. The third-order valence-electron chi connectivity index (χ3n) is 4.32. The van der Waals surface area contributed by atoms with Crippen LogP contribution in [0.1, 0.15) is 45.1 Å². The van der Waals surface area contributed by atoms with Crippen molar-refractivity contribution in [1.82, 2.24) is 0 Å². The SMILES string of the molecule is COc1ccc(Cl)cc1C1(O)CCCCC1(C)C. The first-order chi connectivity index (χ1) is 8.40. The monoisotopic (exact) mass is 268 g/mol. The van der Waals surface area contributed by atoms with Gasteiger partial charge in [-0.2, -0.15) is 0 Å². The number of hydrogen-bond acceptors (Lipinski definition) is 2. The van der Waals surface area contributed by atoms with Gasteiger partial charge < -0.3 is 9.84 Å². The number of halogens is 1. The zero-order chi connectivity index (χ0) is 13.4. The lowest BCUT2D eigenvalue weighted by Crippen LogP contribution is -2.44. The van der Waals surface area contributed by atoms with Crippen molar-refractivity contribution >= 4 is 11.6 Å². The summed E-state index contributed by atoms with van der Waals surface area (Å²) in [5.41, 5.74) is -0.202. The van der Waals surface area contributed by atoms with Crippen LogP contribution in [-0.2, 0) is 5.60 Å². The highest BCUT2D eigenvalue weighted by molar-refractivity contribution is 6.30. The van der Waals surface area contributed by atoms with Crippen molar-refractivity contribution in [3.63, 3.8) is 0 Å². The number of aliphatic hydroxyl groups is 1. The van der Waals surface area contributed by atoms with Crippen molar-refractivity contribution in [3.05, 3.63) is 28.8 Å². The van der Waals surface area contributed by atoms with E-state index in [-0.39, 0.29) is 5.41 Å². The molecule has 1 aliphatic rings. The van der Waals surface area contributed by atoms with E-state index in [2.05, 4.69) is 13.8 Å². The highest BCUT2D eigenvalue weighted by Gasteiger charge is 2.47. The predicted molar refractivity (Wildman–Crippen MR) is 74.1 cm³/mol. The standard InChI is InChI=1S/C15H21ClO2/c1-14(2)8-4-5-9-15(14,17)12-10-11(16)6-7-13(12)18-3/h6-7,10,17H,4-5,8-9H2,1-3H3. The summed E-state index contributed by atoms with van der Waals surface area (Å²) in [7, 11) is 1.63. The summed E-state index contributed by atoms with van der Waals surface area (Å²) in [6.07, 6.45) is 3.98. The van der Waals surface area contributed by atoms with Gasteiger partial charge in [-0.15, -0.1) is 0 Å². The third kappa shape index (κ3) is 2.12. The third-order valence-corrected chi connectivity index (χ3v) is 4.55. The molecule has 100 valence electrons. The molecule has 1 aromatic carbocycles. The van der Waals surface area contributed by atoms with Crippen LogP contribution in [0.5, 0.6) is 5.75 Å². The average Bonchev–Trinajstić information content (AvgIpc) is 2.33. The Morgan fingerprint density at radius 3 is 2.50 bits per heavy atom. The van der Waals surface area contributed by atoms with Crippen LogP contribution in [-0.4, -0.2) is 12.2 Å². The molecule has 3 heteroatoms. The zero-order valence-electron chi connectivity index (χ0n) is 11.3. The number of benzene rings is 1. The topological polar surface area (TPSA) is 29.5 Å². The largest absolute Gasteiger partial charge is 0.496 e. The van der Waals surface area contributed by atoms with Crippen LogP contribution in [0.4, 0.5) is 0 Å². The van der Waals surface area contributed by atoms with E-state index in [0.717, 1.165) is 37.0 Å². The molecule has 1 aromatic rings. The summed E-state index contributed by atoms with van der Waals surface area (Å²) >= 11 is 6.08. The normalized spacial score (nSPS) is 26.9. The summed E-state index contributed by atoms with van der Waals surface area (Å²) in [5.74, 6) is 0.719. The van der Waals surface area contributed by atoms with E-state index in [1.54, 1.807) is 13.2 Å². The maximum Gasteiger partial charge on any atom is 0.125 e. The molecule has 1 unspecified atom stereocenters. The van der Waals surface area contributed by atoms with Gasteiger partial charge in [0.25, 0.3) is 0 Å². The molecule has 0 bridgehead atoms. The second-order valence-corrected chi connectivity index (χ2v) is 6.23. The molecule has 1 aliphatic carbocycles. The first kappa shape index (κ1) is 13.7. The molecule has 2 nitrogen and oxygen atoms in total. The molecule has 0 spiro atoms. The average molecular weight is 269 g/mol. The van der Waals surface area contributed by atoms with Gasteiger partial charge in [-0.05, 0) is 36.5 Å². The molecule has 0 amide bonds. The number of ether oxygens (including phenoxy) is 1. The lowest BCUT2D eigenvalue weighted by molar-refractivity contribution is -0.105. The fraction of sp³-hybridized carbons (Fsp3) is 0.600. The summed E-state index contributed by atoms with van der Waals surface area (Å²) < 4.78 is 5.39. The smallest absolute Gasteiger partial charge is 0.125 e. The van der Waals surface area contributed by atoms with Crippen molar-refractivity contribution in [2.45, 2.75) is 45.1 Å². The van der Waals surface area contributed by atoms with E-state index in [9.17, 15) is 5.11 Å². The molecule has 0 radical (unpaired) electrons. The van der Waals surface area contributed by atoms with Crippen LogP contribution >= 0.6 is 11.6 Å². The Morgan fingerprint density at radius 2 is 1.89 bits per heavy atom. The van der Waals surface area contributed by atoms with E-state index in [1.807, 2.05) is 12.1 Å².